The molecule has 0 aliphatic rings. The number of aliphatic carboxylic acids is 1. The molecule has 0 spiro atoms. The van der Waals surface area contributed by atoms with Crippen LogP contribution in [0, 0.1) is 5.92 Å². The first kappa shape index (κ1) is 14.0. The number of nitrogens with one attached hydrogen (secondary N) is 1. The molecule has 0 rings (SSSR count). The molecule has 12 heavy (non-hydrogen) atoms. The predicted octanol–water partition coefficient (Wildman–Crippen LogP) is 1.73. The molecule has 0 amide bonds. The Kier molecular flexibility index (Phi) is 9.93. The molecule has 74 valence electrons. The van der Waals surface area contributed by atoms with E-state index < -0.39 is 5.97 Å². The minimum absolute atomic E-state index is 0.0549. The summed E-state index contributed by atoms with van der Waals surface area (Å²) in [5.41, 5.74) is 0. The lowest BCUT2D eigenvalue weighted by Gasteiger charge is -2.15. The number of carboxylic acid groups (broad SMARTS) is 1. The highest BCUT2D eigenvalue weighted by Crippen LogP contribution is 1.98. The van der Waals surface area contributed by atoms with Crippen molar-refractivity contribution in [2.75, 3.05) is 6.54 Å². The topological polar surface area (TPSA) is 49.3 Å². The molecule has 3 nitrogen and oxygen atoms in total. The molecule has 0 aromatic heterocycles. The standard InChI is InChI=1S/C7H15NO2.C2H6/c1-5(2)6(3)8-4-7(9)10;1-2/h5-6,8H,4H2,1-3H3,(H,9,10);1-2H3. The van der Waals surface area contributed by atoms with Crippen LogP contribution < -0.4 is 5.32 Å². The molecule has 0 aromatic carbocycles. The number of carboxylic acids is 1. The lowest BCUT2D eigenvalue weighted by Crippen LogP contribution is -2.34. The number of carbonyl (C=O) groups is 1. The van der Waals surface area contributed by atoms with Crippen molar-refractivity contribution in [2.24, 2.45) is 5.92 Å². The molecule has 2 N–H and O–H groups in total. The van der Waals surface area contributed by atoms with Gasteiger partial charge in [0.05, 0.1) is 6.54 Å². The van der Waals surface area contributed by atoms with Gasteiger partial charge in [0.25, 0.3) is 0 Å². The van der Waals surface area contributed by atoms with E-state index in [2.05, 4.69) is 19.2 Å². The van der Waals surface area contributed by atoms with Crippen molar-refractivity contribution in [2.45, 2.75) is 40.7 Å². The molecule has 1 atom stereocenters. The largest absolute Gasteiger partial charge is 0.480 e. The molecule has 0 radical (unpaired) electrons. The molecule has 0 aromatic rings. The number of hydrogen-bond donors (Lipinski definition) is 2. The van der Waals surface area contributed by atoms with E-state index in [1.165, 1.54) is 0 Å². The maximum atomic E-state index is 10.1. The first-order valence-electron chi connectivity index (χ1n) is 4.49. The van der Waals surface area contributed by atoms with E-state index >= 15 is 0 Å². The lowest BCUT2D eigenvalue weighted by molar-refractivity contribution is -0.136. The summed E-state index contributed by atoms with van der Waals surface area (Å²) in [5, 5.41) is 11.2. The average Bonchev–Trinajstić information content (AvgIpc) is 2.03. The van der Waals surface area contributed by atoms with E-state index in [0.29, 0.717) is 5.92 Å². The second-order valence-corrected chi connectivity index (χ2v) is 2.81. The zero-order valence-corrected chi connectivity index (χ0v) is 8.72. The fourth-order valence-corrected chi connectivity index (χ4v) is 0.484. The first-order chi connectivity index (χ1) is 5.54. The molecule has 1 unspecified atom stereocenters. The van der Waals surface area contributed by atoms with Gasteiger partial charge < -0.3 is 10.4 Å². The smallest absolute Gasteiger partial charge is 0.317 e. The van der Waals surface area contributed by atoms with Gasteiger partial charge in [-0.3, -0.25) is 4.79 Å². The molecule has 0 saturated heterocycles. The highest BCUT2D eigenvalue weighted by molar-refractivity contribution is 5.69. The molecule has 0 bridgehead atoms. The highest BCUT2D eigenvalue weighted by atomic mass is 16.4. The third-order valence-electron chi connectivity index (χ3n) is 1.58. The van der Waals surface area contributed by atoms with E-state index in [1.807, 2.05) is 20.8 Å². The van der Waals surface area contributed by atoms with Crippen LogP contribution in [0.3, 0.4) is 0 Å². The third kappa shape index (κ3) is 9.43. The van der Waals surface area contributed by atoms with E-state index in [-0.39, 0.29) is 12.6 Å². The van der Waals surface area contributed by atoms with Crippen LogP contribution >= 0.6 is 0 Å². The molecule has 3 heteroatoms. The second-order valence-electron chi connectivity index (χ2n) is 2.81. The molecular formula is C9H21NO2. The van der Waals surface area contributed by atoms with Crippen molar-refractivity contribution in [3.8, 4) is 0 Å². The van der Waals surface area contributed by atoms with Gasteiger partial charge >= 0.3 is 5.97 Å². The van der Waals surface area contributed by atoms with Gasteiger partial charge in [0.1, 0.15) is 0 Å². The van der Waals surface area contributed by atoms with Crippen molar-refractivity contribution < 1.29 is 9.90 Å². The first-order valence-corrected chi connectivity index (χ1v) is 4.49. The van der Waals surface area contributed by atoms with Crippen LogP contribution in [0.25, 0.3) is 0 Å². The van der Waals surface area contributed by atoms with Gasteiger partial charge in [-0.2, -0.15) is 0 Å². The SMILES string of the molecule is CC.CC(C)C(C)NCC(=O)O. The molecule has 0 saturated carbocycles. The highest BCUT2D eigenvalue weighted by Gasteiger charge is 2.06. The van der Waals surface area contributed by atoms with Crippen molar-refractivity contribution >= 4 is 5.97 Å². The van der Waals surface area contributed by atoms with Crippen molar-refractivity contribution in [3.05, 3.63) is 0 Å². The van der Waals surface area contributed by atoms with E-state index in [9.17, 15) is 4.79 Å². The van der Waals surface area contributed by atoms with Crippen LogP contribution in [0.15, 0.2) is 0 Å². The summed E-state index contributed by atoms with van der Waals surface area (Å²) in [6.45, 7) is 10.1. The Morgan fingerprint density at radius 3 is 2.00 bits per heavy atom. The fraction of sp³-hybridized carbons (Fsp3) is 0.889. The van der Waals surface area contributed by atoms with Gasteiger partial charge in [-0.1, -0.05) is 27.7 Å². The van der Waals surface area contributed by atoms with Crippen LogP contribution in [-0.2, 0) is 4.79 Å². The van der Waals surface area contributed by atoms with Crippen LogP contribution in [0.5, 0.6) is 0 Å². The van der Waals surface area contributed by atoms with Crippen molar-refractivity contribution in [3.63, 3.8) is 0 Å². The quantitative estimate of drug-likeness (QED) is 0.684. The molecule has 0 heterocycles. The minimum Gasteiger partial charge on any atom is -0.480 e. The van der Waals surface area contributed by atoms with Crippen molar-refractivity contribution in [1.82, 2.24) is 5.32 Å². The summed E-state index contributed by atoms with van der Waals surface area (Å²) in [6, 6.07) is 0.274. The third-order valence-corrected chi connectivity index (χ3v) is 1.58. The molecular weight excluding hydrogens is 154 g/mol. The Morgan fingerprint density at radius 2 is 1.75 bits per heavy atom. The minimum atomic E-state index is -0.799. The zero-order chi connectivity index (χ0) is 10.1. The average molecular weight is 175 g/mol. The van der Waals surface area contributed by atoms with Crippen LogP contribution in [-0.4, -0.2) is 23.7 Å². The Morgan fingerprint density at radius 1 is 1.33 bits per heavy atom. The fourth-order valence-electron chi connectivity index (χ4n) is 0.484. The van der Waals surface area contributed by atoms with Gasteiger partial charge in [0.2, 0.25) is 0 Å². The van der Waals surface area contributed by atoms with E-state index in [1.54, 1.807) is 0 Å². The van der Waals surface area contributed by atoms with Crippen LogP contribution in [0.1, 0.15) is 34.6 Å². The number of hydrogen-bond acceptors (Lipinski definition) is 2. The Balaban J connectivity index is 0. The second kappa shape index (κ2) is 8.53. The summed E-state index contributed by atoms with van der Waals surface area (Å²) in [5.74, 6) is -0.313. The molecule has 0 aliphatic heterocycles. The van der Waals surface area contributed by atoms with Gasteiger partial charge in [0.15, 0.2) is 0 Å². The Labute approximate surface area is 75.2 Å². The lowest BCUT2D eigenvalue weighted by atomic mass is 10.1. The summed E-state index contributed by atoms with van der Waals surface area (Å²) < 4.78 is 0. The zero-order valence-electron chi connectivity index (χ0n) is 8.72. The van der Waals surface area contributed by atoms with Gasteiger partial charge in [-0.15, -0.1) is 0 Å². The normalized spacial score (nSPS) is 11.8. The van der Waals surface area contributed by atoms with Gasteiger partial charge in [-0.05, 0) is 12.8 Å². The molecule has 0 aliphatic carbocycles. The van der Waals surface area contributed by atoms with Crippen molar-refractivity contribution in [1.29, 1.82) is 0 Å². The summed E-state index contributed by atoms with van der Waals surface area (Å²) in [7, 11) is 0. The summed E-state index contributed by atoms with van der Waals surface area (Å²) >= 11 is 0. The number of rotatable bonds is 4. The monoisotopic (exact) mass is 175 g/mol. The summed E-state index contributed by atoms with van der Waals surface area (Å²) in [4.78, 5) is 10.1. The maximum Gasteiger partial charge on any atom is 0.317 e. The molecule has 0 fully saturated rings. The van der Waals surface area contributed by atoms with Crippen LogP contribution in [0.2, 0.25) is 0 Å². The van der Waals surface area contributed by atoms with Crippen LogP contribution in [0.4, 0.5) is 0 Å². The van der Waals surface area contributed by atoms with Gasteiger partial charge in [0, 0.05) is 6.04 Å². The van der Waals surface area contributed by atoms with E-state index in [4.69, 9.17) is 5.11 Å². The predicted molar refractivity (Wildman–Crippen MR) is 51.3 cm³/mol. The van der Waals surface area contributed by atoms with E-state index in [0.717, 1.165) is 0 Å². The maximum absolute atomic E-state index is 10.1. The Bertz CT molecular complexity index is 113. The van der Waals surface area contributed by atoms with Gasteiger partial charge in [-0.25, -0.2) is 0 Å². The Hall–Kier alpha value is -0.570. The summed E-state index contributed by atoms with van der Waals surface area (Å²) in [6.07, 6.45) is 0.